The standard InChI is InChI=1S/C8H10FN3O3S.ClH/c9-4-1-12(8(14)11-7(4)10)5-3-16-6(2-13)15-5;/h1,5-6,13H,2-3H2,(H2,10,11,14);1H. The number of aromatic nitrogens is 2. The molecule has 1 saturated heterocycles. The zero-order valence-corrected chi connectivity index (χ0v) is 10.2. The number of rotatable bonds is 2. The monoisotopic (exact) mass is 283 g/mol. The summed E-state index contributed by atoms with van der Waals surface area (Å²) >= 11 is 1.35. The summed E-state index contributed by atoms with van der Waals surface area (Å²) in [4.78, 5) is 14.8. The molecule has 2 rings (SSSR count). The van der Waals surface area contributed by atoms with Gasteiger partial charge in [-0.3, -0.25) is 4.57 Å². The van der Waals surface area contributed by atoms with Gasteiger partial charge in [0.25, 0.3) is 0 Å². The van der Waals surface area contributed by atoms with Gasteiger partial charge in [-0.05, 0) is 0 Å². The van der Waals surface area contributed by atoms with Crippen molar-refractivity contribution in [1.29, 1.82) is 0 Å². The lowest BCUT2D eigenvalue weighted by atomic mass is 10.5. The van der Waals surface area contributed by atoms with E-state index < -0.39 is 29.0 Å². The van der Waals surface area contributed by atoms with Crippen LogP contribution in [0, 0.1) is 5.82 Å². The topological polar surface area (TPSA) is 90.4 Å². The highest BCUT2D eigenvalue weighted by Gasteiger charge is 2.27. The van der Waals surface area contributed by atoms with Crippen molar-refractivity contribution in [3.05, 3.63) is 22.5 Å². The van der Waals surface area contributed by atoms with Gasteiger partial charge in [-0.2, -0.15) is 4.98 Å². The molecule has 2 heterocycles. The predicted molar refractivity (Wildman–Crippen MR) is 63.6 cm³/mol. The lowest BCUT2D eigenvalue weighted by Crippen LogP contribution is -2.29. The number of hydrogen-bond acceptors (Lipinski definition) is 6. The van der Waals surface area contributed by atoms with Gasteiger partial charge in [0.15, 0.2) is 11.6 Å². The van der Waals surface area contributed by atoms with Crippen LogP contribution in [-0.2, 0) is 4.74 Å². The molecule has 0 spiro atoms. The van der Waals surface area contributed by atoms with Crippen LogP contribution in [0.3, 0.4) is 0 Å². The Kier molecular flexibility index (Phi) is 4.75. The van der Waals surface area contributed by atoms with Gasteiger partial charge < -0.3 is 15.6 Å². The molecule has 17 heavy (non-hydrogen) atoms. The molecule has 0 amide bonds. The van der Waals surface area contributed by atoms with Crippen LogP contribution in [0.25, 0.3) is 0 Å². The zero-order valence-electron chi connectivity index (χ0n) is 8.58. The molecule has 3 N–H and O–H groups in total. The Morgan fingerprint density at radius 3 is 3.06 bits per heavy atom. The molecule has 0 aliphatic carbocycles. The number of hydrogen-bond donors (Lipinski definition) is 2. The minimum absolute atomic E-state index is 0. The summed E-state index contributed by atoms with van der Waals surface area (Å²) in [7, 11) is 0. The summed E-state index contributed by atoms with van der Waals surface area (Å²) in [5, 5.41) is 8.86. The first kappa shape index (κ1) is 14.2. The van der Waals surface area contributed by atoms with Gasteiger partial charge in [-0.25, -0.2) is 9.18 Å². The normalized spacial score (nSPS) is 23.4. The van der Waals surface area contributed by atoms with E-state index in [0.717, 1.165) is 10.8 Å². The summed E-state index contributed by atoms with van der Waals surface area (Å²) in [5.41, 5.74) is 4.10. The van der Waals surface area contributed by atoms with Crippen LogP contribution < -0.4 is 11.4 Å². The van der Waals surface area contributed by atoms with Gasteiger partial charge in [0.05, 0.1) is 12.8 Å². The molecule has 1 aliphatic rings. The first-order chi connectivity index (χ1) is 7.61. The Morgan fingerprint density at radius 1 is 1.76 bits per heavy atom. The number of thioether (sulfide) groups is 1. The summed E-state index contributed by atoms with van der Waals surface area (Å²) in [6.45, 7) is -0.152. The summed E-state index contributed by atoms with van der Waals surface area (Å²) in [5.74, 6) is -0.734. The average Bonchev–Trinajstić information content (AvgIpc) is 2.71. The van der Waals surface area contributed by atoms with Crippen molar-refractivity contribution in [2.75, 3.05) is 18.1 Å². The van der Waals surface area contributed by atoms with Crippen molar-refractivity contribution in [2.24, 2.45) is 0 Å². The minimum atomic E-state index is -0.763. The molecule has 1 aliphatic heterocycles. The number of aliphatic hydroxyl groups excluding tert-OH is 1. The smallest absolute Gasteiger partial charge is 0.351 e. The maximum absolute atomic E-state index is 13.1. The first-order valence-corrected chi connectivity index (χ1v) is 5.58. The van der Waals surface area contributed by atoms with E-state index in [2.05, 4.69) is 4.98 Å². The van der Waals surface area contributed by atoms with Crippen LogP contribution in [0.4, 0.5) is 10.2 Å². The van der Waals surface area contributed by atoms with Gasteiger partial charge in [-0.15, -0.1) is 24.2 Å². The van der Waals surface area contributed by atoms with Crippen molar-refractivity contribution < 1.29 is 14.2 Å². The fourth-order valence-electron chi connectivity index (χ4n) is 1.35. The number of anilines is 1. The third-order valence-electron chi connectivity index (χ3n) is 2.13. The maximum Gasteiger partial charge on any atom is 0.351 e. The molecular formula is C8H11ClFN3O3S. The minimum Gasteiger partial charge on any atom is -0.393 e. The van der Waals surface area contributed by atoms with Gasteiger partial charge in [0, 0.05) is 5.75 Å². The van der Waals surface area contributed by atoms with Crippen molar-refractivity contribution in [3.63, 3.8) is 0 Å². The molecule has 0 aromatic carbocycles. The summed E-state index contributed by atoms with van der Waals surface area (Å²) < 4.78 is 19.5. The van der Waals surface area contributed by atoms with E-state index in [-0.39, 0.29) is 19.0 Å². The molecule has 1 aromatic heterocycles. The Hall–Kier alpha value is -0.830. The lowest BCUT2D eigenvalue weighted by molar-refractivity contribution is -0.00677. The molecule has 2 unspecified atom stereocenters. The molecule has 1 aromatic rings. The summed E-state index contributed by atoms with van der Waals surface area (Å²) in [6.07, 6.45) is 0.354. The van der Waals surface area contributed by atoms with Crippen molar-refractivity contribution in [2.45, 2.75) is 11.7 Å². The number of nitrogen functional groups attached to an aromatic ring is 1. The number of aliphatic hydroxyl groups is 1. The molecule has 6 nitrogen and oxygen atoms in total. The molecule has 9 heteroatoms. The van der Waals surface area contributed by atoms with Crippen LogP contribution in [0.5, 0.6) is 0 Å². The van der Waals surface area contributed by atoms with Crippen LogP contribution in [-0.4, -0.2) is 32.5 Å². The van der Waals surface area contributed by atoms with E-state index in [1.807, 2.05) is 0 Å². The highest BCUT2D eigenvalue weighted by atomic mass is 35.5. The second-order valence-electron chi connectivity index (χ2n) is 3.20. The fourth-order valence-corrected chi connectivity index (χ4v) is 2.28. The van der Waals surface area contributed by atoms with Crippen molar-refractivity contribution in [1.82, 2.24) is 9.55 Å². The van der Waals surface area contributed by atoms with Gasteiger partial charge in [0.2, 0.25) is 0 Å². The van der Waals surface area contributed by atoms with E-state index in [1.165, 1.54) is 11.8 Å². The van der Waals surface area contributed by atoms with Crippen LogP contribution in [0.15, 0.2) is 11.0 Å². The third-order valence-corrected chi connectivity index (χ3v) is 3.24. The Morgan fingerprint density at radius 2 is 2.47 bits per heavy atom. The number of nitrogens with two attached hydrogens (primary N) is 1. The maximum atomic E-state index is 13.1. The zero-order chi connectivity index (χ0) is 11.7. The van der Waals surface area contributed by atoms with Crippen LogP contribution >= 0.6 is 24.2 Å². The summed E-state index contributed by atoms with van der Waals surface area (Å²) in [6, 6.07) is 0. The van der Waals surface area contributed by atoms with E-state index >= 15 is 0 Å². The van der Waals surface area contributed by atoms with E-state index in [1.54, 1.807) is 0 Å². The Balaban J connectivity index is 0.00000144. The highest BCUT2D eigenvalue weighted by Crippen LogP contribution is 2.30. The number of ether oxygens (including phenoxy) is 1. The number of nitrogens with zero attached hydrogens (tertiary/aromatic N) is 2. The van der Waals surface area contributed by atoms with Gasteiger partial charge in [-0.1, -0.05) is 0 Å². The SMILES string of the molecule is Cl.Nc1nc(=O)n(C2CSC(CO)O2)cc1F. The predicted octanol–water partition coefficient (Wildman–Crippen LogP) is -0.0332. The Bertz CT molecular complexity index is 458. The molecule has 0 radical (unpaired) electrons. The lowest BCUT2D eigenvalue weighted by Gasteiger charge is -2.13. The van der Waals surface area contributed by atoms with E-state index in [4.69, 9.17) is 15.6 Å². The largest absolute Gasteiger partial charge is 0.393 e. The average molecular weight is 284 g/mol. The highest BCUT2D eigenvalue weighted by molar-refractivity contribution is 8.00. The molecule has 1 fully saturated rings. The van der Waals surface area contributed by atoms with E-state index in [0.29, 0.717) is 5.75 Å². The second-order valence-corrected chi connectivity index (χ2v) is 4.39. The molecule has 0 saturated carbocycles. The van der Waals surface area contributed by atoms with E-state index in [9.17, 15) is 9.18 Å². The van der Waals surface area contributed by atoms with Gasteiger partial charge >= 0.3 is 5.69 Å². The quantitative estimate of drug-likeness (QED) is 0.792. The van der Waals surface area contributed by atoms with Crippen molar-refractivity contribution in [3.8, 4) is 0 Å². The molecule has 96 valence electrons. The van der Waals surface area contributed by atoms with Crippen molar-refractivity contribution >= 4 is 30.0 Å². The Labute approximate surface area is 106 Å². The third kappa shape index (κ3) is 2.89. The van der Waals surface area contributed by atoms with Crippen LogP contribution in [0.2, 0.25) is 0 Å². The van der Waals surface area contributed by atoms with Gasteiger partial charge in [0.1, 0.15) is 11.7 Å². The molecular weight excluding hydrogens is 273 g/mol. The molecule has 0 bridgehead atoms. The fraction of sp³-hybridized carbons (Fsp3) is 0.500. The molecule has 2 atom stereocenters. The first-order valence-electron chi connectivity index (χ1n) is 4.54. The number of halogens is 2. The second kappa shape index (κ2) is 5.67. The van der Waals surface area contributed by atoms with Crippen LogP contribution in [0.1, 0.15) is 6.23 Å².